The molecule has 0 bridgehead atoms. The fourth-order valence-electron chi connectivity index (χ4n) is 3.45. The number of allylic oxidation sites excluding steroid dienone is 1. The Morgan fingerprint density at radius 3 is 1.69 bits per heavy atom. The maximum Gasteiger partial charge on any atom is 1.00 e. The summed E-state index contributed by atoms with van der Waals surface area (Å²) in [4.78, 5) is 0. The van der Waals surface area contributed by atoms with E-state index in [1.54, 1.807) is 0 Å². The van der Waals surface area contributed by atoms with Crippen LogP contribution in [0.15, 0.2) is 12.2 Å². The van der Waals surface area contributed by atoms with E-state index in [4.69, 9.17) is 0 Å². The molecule has 0 fully saturated rings. The van der Waals surface area contributed by atoms with Crippen molar-refractivity contribution in [3.63, 3.8) is 0 Å². The fourth-order valence-corrected chi connectivity index (χ4v) is 3.80. The Kier molecular flexibility index (Phi) is 26.7. The van der Waals surface area contributed by atoms with E-state index in [1.165, 1.54) is 83.5 Å². The zero-order valence-electron chi connectivity index (χ0n) is 19.5. The molecule has 1 unspecified atom stereocenters. The molecular weight excluding hydrogens is 411 g/mol. The Balaban J connectivity index is 0. The Hall–Kier alpha value is 1.25. The van der Waals surface area contributed by atoms with Gasteiger partial charge in [-0.3, -0.25) is 4.18 Å². The van der Waals surface area contributed by atoms with Crippen LogP contribution in [0.5, 0.6) is 0 Å². The van der Waals surface area contributed by atoms with E-state index < -0.39 is 10.4 Å². The standard InChI is InChI=1S/C23H46O4S.K/c1-3-5-7-9-11-12-13-14-15-17-19-21-23(22-27-28(24,25)26)20-18-16-10-8-6-4-2;/h18,20,23H,3-17,19,21-22H2,1-2H3,(H,24,25,26);/q;+1/p-1/b20-18+;. The monoisotopic (exact) mass is 456 g/mol. The number of hydrogen-bond acceptors (Lipinski definition) is 4. The number of rotatable bonds is 21. The summed E-state index contributed by atoms with van der Waals surface area (Å²) in [6.07, 6.45) is 25.2. The Bertz CT molecular complexity index is 452. The maximum absolute atomic E-state index is 10.7. The van der Waals surface area contributed by atoms with E-state index in [1.807, 2.05) is 6.08 Å². The fraction of sp³-hybridized carbons (Fsp3) is 0.913. The van der Waals surface area contributed by atoms with E-state index in [0.717, 1.165) is 25.7 Å². The van der Waals surface area contributed by atoms with Crippen LogP contribution in [0.25, 0.3) is 0 Å². The second-order valence-electron chi connectivity index (χ2n) is 8.05. The van der Waals surface area contributed by atoms with Gasteiger partial charge in [-0.15, -0.1) is 0 Å². The van der Waals surface area contributed by atoms with Crippen molar-refractivity contribution in [1.82, 2.24) is 0 Å². The smallest absolute Gasteiger partial charge is 0.726 e. The van der Waals surface area contributed by atoms with Crippen LogP contribution < -0.4 is 51.4 Å². The summed E-state index contributed by atoms with van der Waals surface area (Å²) in [5.41, 5.74) is 0. The first-order valence-electron chi connectivity index (χ1n) is 11.8. The van der Waals surface area contributed by atoms with Crippen LogP contribution in [0.3, 0.4) is 0 Å². The van der Waals surface area contributed by atoms with Gasteiger partial charge in [0.1, 0.15) is 0 Å². The normalized spacial score (nSPS) is 12.9. The van der Waals surface area contributed by atoms with Gasteiger partial charge in [-0.1, -0.05) is 116 Å². The van der Waals surface area contributed by atoms with Crippen molar-refractivity contribution >= 4 is 10.4 Å². The van der Waals surface area contributed by atoms with Crippen LogP contribution >= 0.6 is 0 Å². The molecule has 0 spiro atoms. The van der Waals surface area contributed by atoms with Crippen LogP contribution in [0.2, 0.25) is 0 Å². The van der Waals surface area contributed by atoms with E-state index >= 15 is 0 Å². The Labute approximate surface area is 224 Å². The summed E-state index contributed by atoms with van der Waals surface area (Å²) in [5.74, 6) is 0.0217. The van der Waals surface area contributed by atoms with Gasteiger partial charge in [0.05, 0.1) is 6.61 Å². The average molecular weight is 457 g/mol. The predicted molar refractivity (Wildman–Crippen MR) is 118 cm³/mol. The van der Waals surface area contributed by atoms with Crippen molar-refractivity contribution in [2.75, 3.05) is 6.61 Å². The Morgan fingerprint density at radius 1 is 0.759 bits per heavy atom. The summed E-state index contributed by atoms with van der Waals surface area (Å²) in [6.45, 7) is 4.43. The molecule has 6 heteroatoms. The van der Waals surface area contributed by atoms with Crippen LogP contribution in [0.4, 0.5) is 0 Å². The largest absolute Gasteiger partial charge is 1.00 e. The van der Waals surface area contributed by atoms with Gasteiger partial charge in [-0.25, -0.2) is 8.42 Å². The van der Waals surface area contributed by atoms with Crippen molar-refractivity contribution < 1.29 is 68.5 Å². The second-order valence-corrected chi connectivity index (χ2v) is 9.11. The van der Waals surface area contributed by atoms with Crippen LogP contribution in [-0.2, 0) is 14.6 Å². The Morgan fingerprint density at radius 2 is 1.21 bits per heavy atom. The molecule has 0 aliphatic carbocycles. The number of unbranched alkanes of at least 4 members (excludes halogenated alkanes) is 14. The van der Waals surface area contributed by atoms with E-state index in [2.05, 4.69) is 24.1 Å². The molecule has 0 aliphatic rings. The minimum Gasteiger partial charge on any atom is -0.726 e. The molecule has 0 saturated heterocycles. The molecule has 0 rings (SSSR count). The molecule has 0 saturated carbocycles. The van der Waals surface area contributed by atoms with Gasteiger partial charge >= 0.3 is 51.4 Å². The zero-order chi connectivity index (χ0) is 20.9. The van der Waals surface area contributed by atoms with Crippen molar-refractivity contribution in [3.05, 3.63) is 12.2 Å². The summed E-state index contributed by atoms with van der Waals surface area (Å²) in [5, 5.41) is 0. The van der Waals surface area contributed by atoms with E-state index in [9.17, 15) is 13.0 Å². The van der Waals surface area contributed by atoms with Gasteiger partial charge in [0.25, 0.3) is 0 Å². The molecule has 29 heavy (non-hydrogen) atoms. The third-order valence-electron chi connectivity index (χ3n) is 5.24. The molecule has 0 aromatic rings. The van der Waals surface area contributed by atoms with Gasteiger partial charge in [0.15, 0.2) is 0 Å². The van der Waals surface area contributed by atoms with Gasteiger partial charge in [-0.05, 0) is 19.3 Å². The van der Waals surface area contributed by atoms with Gasteiger partial charge in [-0.2, -0.15) is 0 Å². The van der Waals surface area contributed by atoms with Crippen molar-refractivity contribution in [1.29, 1.82) is 0 Å². The van der Waals surface area contributed by atoms with Gasteiger partial charge in [0, 0.05) is 5.92 Å². The molecule has 0 amide bonds. The third-order valence-corrected chi connectivity index (χ3v) is 5.66. The summed E-state index contributed by atoms with van der Waals surface area (Å²) in [6, 6.07) is 0. The van der Waals surface area contributed by atoms with Crippen LogP contribution in [0, 0.1) is 5.92 Å². The quantitative estimate of drug-likeness (QED) is 0.0848. The van der Waals surface area contributed by atoms with Crippen molar-refractivity contribution in [2.24, 2.45) is 5.92 Å². The molecular formula is C23H45KO4S. The van der Waals surface area contributed by atoms with Crippen LogP contribution in [0.1, 0.15) is 123 Å². The first-order chi connectivity index (χ1) is 13.5. The zero-order valence-corrected chi connectivity index (χ0v) is 23.4. The maximum atomic E-state index is 10.7. The first-order valence-corrected chi connectivity index (χ1v) is 13.1. The molecule has 168 valence electrons. The van der Waals surface area contributed by atoms with Crippen molar-refractivity contribution in [3.8, 4) is 0 Å². The molecule has 0 radical (unpaired) electrons. The predicted octanol–water partition coefficient (Wildman–Crippen LogP) is 4.31. The molecule has 0 aromatic heterocycles. The molecule has 0 heterocycles. The van der Waals surface area contributed by atoms with E-state index in [-0.39, 0.29) is 63.9 Å². The van der Waals surface area contributed by atoms with Crippen molar-refractivity contribution in [2.45, 2.75) is 123 Å². The summed E-state index contributed by atoms with van der Waals surface area (Å²) in [7, 11) is -4.60. The SMILES string of the molecule is CCCCCC/C=C/C(CCCCCCCCCCCCC)COS(=O)(=O)[O-].[K+]. The topological polar surface area (TPSA) is 66.4 Å². The summed E-state index contributed by atoms with van der Waals surface area (Å²) < 4.78 is 36.7. The minimum absolute atomic E-state index is 0. The van der Waals surface area contributed by atoms with Gasteiger partial charge in [0.2, 0.25) is 10.4 Å². The molecule has 1 atom stereocenters. The molecule has 0 N–H and O–H groups in total. The van der Waals surface area contributed by atoms with E-state index in [0.29, 0.717) is 0 Å². The molecule has 0 aliphatic heterocycles. The third kappa shape index (κ3) is 27.2. The van der Waals surface area contributed by atoms with Crippen LogP contribution in [-0.4, -0.2) is 19.6 Å². The second kappa shape index (κ2) is 23.9. The average Bonchev–Trinajstić information content (AvgIpc) is 2.65. The van der Waals surface area contributed by atoms with Gasteiger partial charge < -0.3 is 4.55 Å². The molecule has 4 nitrogen and oxygen atoms in total. The minimum atomic E-state index is -4.60. The first kappa shape index (κ1) is 32.4. The molecule has 0 aromatic carbocycles. The summed E-state index contributed by atoms with van der Waals surface area (Å²) >= 11 is 0. The number of hydrogen-bond donors (Lipinski definition) is 0.